The molecule has 0 unspecified atom stereocenters. The summed E-state index contributed by atoms with van der Waals surface area (Å²) >= 11 is 0. The number of carbonyl (C=O) groups is 3. The van der Waals surface area contributed by atoms with E-state index in [4.69, 9.17) is 13.9 Å². The number of ether oxygens (including phenoxy) is 2. The van der Waals surface area contributed by atoms with E-state index in [9.17, 15) is 14.4 Å². The molecule has 8 nitrogen and oxygen atoms in total. The van der Waals surface area contributed by atoms with Crippen molar-refractivity contribution in [3.05, 3.63) is 89.4 Å². The first-order valence-electron chi connectivity index (χ1n) is 9.81. The maximum Gasteiger partial charge on any atom is 0.331 e. The molecule has 3 aromatic rings. The Morgan fingerprint density at radius 3 is 2.53 bits per heavy atom. The van der Waals surface area contributed by atoms with Crippen LogP contribution in [0.4, 0.5) is 4.79 Å². The highest BCUT2D eigenvalue weighted by Crippen LogP contribution is 2.30. The molecule has 4 amide bonds. The molecule has 1 aromatic heterocycles. The lowest BCUT2D eigenvalue weighted by Crippen LogP contribution is -2.53. The number of imide groups is 2. The number of furan rings is 1. The van der Waals surface area contributed by atoms with Crippen LogP contribution in [0.1, 0.15) is 16.9 Å². The average Bonchev–Trinajstić information content (AvgIpc) is 3.32. The molecule has 1 aliphatic rings. The van der Waals surface area contributed by atoms with Crippen LogP contribution in [0.5, 0.6) is 11.5 Å². The van der Waals surface area contributed by atoms with E-state index < -0.39 is 17.8 Å². The largest absolute Gasteiger partial charge is 0.493 e. The van der Waals surface area contributed by atoms with Gasteiger partial charge in [-0.3, -0.25) is 19.8 Å². The first-order valence-corrected chi connectivity index (χ1v) is 9.81. The normalized spacial score (nSPS) is 15.1. The fraction of sp³-hybridized carbons (Fsp3) is 0.125. The SMILES string of the molecule is COc1cc(/C=C2\C(=O)NC(=O)N(Cc3ccco3)C2=O)ccc1OCc1ccccc1. The number of carbonyl (C=O) groups excluding carboxylic acids is 3. The molecule has 0 bridgehead atoms. The maximum atomic E-state index is 12.8. The van der Waals surface area contributed by atoms with E-state index in [0.717, 1.165) is 10.5 Å². The number of barbiturate groups is 1. The number of amides is 4. The van der Waals surface area contributed by atoms with Crippen LogP contribution < -0.4 is 14.8 Å². The predicted molar refractivity (Wildman–Crippen MR) is 115 cm³/mol. The van der Waals surface area contributed by atoms with Crippen LogP contribution in [-0.4, -0.2) is 29.9 Å². The molecule has 8 heteroatoms. The highest BCUT2D eigenvalue weighted by atomic mass is 16.5. The zero-order chi connectivity index (χ0) is 22.5. The highest BCUT2D eigenvalue weighted by Gasteiger charge is 2.36. The molecule has 0 spiro atoms. The van der Waals surface area contributed by atoms with Gasteiger partial charge in [0, 0.05) is 0 Å². The van der Waals surface area contributed by atoms with Gasteiger partial charge in [-0.15, -0.1) is 0 Å². The Labute approximate surface area is 184 Å². The van der Waals surface area contributed by atoms with Crippen molar-refractivity contribution in [1.29, 1.82) is 0 Å². The second-order valence-corrected chi connectivity index (χ2v) is 6.97. The van der Waals surface area contributed by atoms with Crippen LogP contribution >= 0.6 is 0 Å². The molecule has 162 valence electrons. The van der Waals surface area contributed by atoms with Gasteiger partial charge in [0.25, 0.3) is 11.8 Å². The Bertz CT molecular complexity index is 1170. The van der Waals surface area contributed by atoms with Gasteiger partial charge >= 0.3 is 6.03 Å². The molecule has 1 fully saturated rings. The van der Waals surface area contributed by atoms with Crippen LogP contribution in [0.2, 0.25) is 0 Å². The Morgan fingerprint density at radius 2 is 1.81 bits per heavy atom. The lowest BCUT2D eigenvalue weighted by Gasteiger charge is -2.25. The van der Waals surface area contributed by atoms with E-state index >= 15 is 0 Å². The predicted octanol–water partition coefficient (Wildman–Crippen LogP) is 3.53. The number of nitrogens with one attached hydrogen (secondary N) is 1. The summed E-state index contributed by atoms with van der Waals surface area (Å²) in [5, 5.41) is 2.18. The first kappa shape index (κ1) is 20.9. The van der Waals surface area contributed by atoms with Crippen molar-refractivity contribution in [3.63, 3.8) is 0 Å². The number of urea groups is 1. The van der Waals surface area contributed by atoms with Crippen molar-refractivity contribution >= 4 is 23.9 Å². The monoisotopic (exact) mass is 432 g/mol. The number of rotatable bonds is 7. The van der Waals surface area contributed by atoms with Gasteiger partial charge in [-0.05, 0) is 41.5 Å². The van der Waals surface area contributed by atoms with E-state index in [1.807, 2.05) is 30.3 Å². The molecule has 0 atom stereocenters. The van der Waals surface area contributed by atoms with Gasteiger partial charge in [0.2, 0.25) is 0 Å². The van der Waals surface area contributed by atoms with Crippen LogP contribution in [0.3, 0.4) is 0 Å². The van der Waals surface area contributed by atoms with Gasteiger partial charge in [-0.1, -0.05) is 36.4 Å². The zero-order valence-corrected chi connectivity index (χ0v) is 17.2. The van der Waals surface area contributed by atoms with Crippen LogP contribution in [0.15, 0.2) is 76.9 Å². The van der Waals surface area contributed by atoms with Crippen molar-refractivity contribution in [2.45, 2.75) is 13.2 Å². The third-order valence-electron chi connectivity index (χ3n) is 4.82. The van der Waals surface area contributed by atoms with E-state index in [2.05, 4.69) is 5.32 Å². The van der Waals surface area contributed by atoms with E-state index in [-0.39, 0.29) is 12.1 Å². The summed E-state index contributed by atoms with van der Waals surface area (Å²) in [5.74, 6) is -0.0867. The third kappa shape index (κ3) is 4.54. The quantitative estimate of drug-likeness (QED) is 0.453. The van der Waals surface area contributed by atoms with Crippen molar-refractivity contribution in [2.24, 2.45) is 0 Å². The fourth-order valence-corrected chi connectivity index (χ4v) is 3.19. The fourth-order valence-electron chi connectivity index (χ4n) is 3.19. The number of hydrogen-bond donors (Lipinski definition) is 1. The van der Waals surface area contributed by atoms with Gasteiger partial charge in [0.1, 0.15) is 17.9 Å². The summed E-state index contributed by atoms with van der Waals surface area (Å²) in [5.41, 5.74) is 1.38. The van der Waals surface area contributed by atoms with Gasteiger partial charge in [-0.2, -0.15) is 0 Å². The smallest absolute Gasteiger partial charge is 0.331 e. The molecule has 2 aromatic carbocycles. The summed E-state index contributed by atoms with van der Waals surface area (Å²) in [4.78, 5) is 38.2. The molecule has 0 saturated carbocycles. The second kappa shape index (κ2) is 9.22. The Morgan fingerprint density at radius 1 is 1.00 bits per heavy atom. The van der Waals surface area contributed by atoms with Gasteiger partial charge < -0.3 is 13.9 Å². The molecule has 2 heterocycles. The Hall–Kier alpha value is -4.33. The number of nitrogens with zero attached hydrogens (tertiary/aromatic N) is 1. The second-order valence-electron chi connectivity index (χ2n) is 6.97. The van der Waals surface area contributed by atoms with Crippen molar-refractivity contribution < 1.29 is 28.3 Å². The number of hydrogen-bond acceptors (Lipinski definition) is 6. The van der Waals surface area contributed by atoms with Gasteiger partial charge in [-0.25, -0.2) is 4.79 Å². The summed E-state index contributed by atoms with van der Waals surface area (Å²) < 4.78 is 16.4. The molecule has 1 aliphatic heterocycles. The standard InChI is InChI=1S/C24H20N2O6/c1-30-21-13-17(9-10-20(21)32-15-16-6-3-2-4-7-16)12-19-22(27)25-24(29)26(23(19)28)14-18-8-5-11-31-18/h2-13H,14-15H2,1H3,(H,25,27,29)/b19-12+. The molecule has 1 N–H and O–H groups in total. The van der Waals surface area contributed by atoms with Gasteiger partial charge in [0.15, 0.2) is 11.5 Å². The van der Waals surface area contributed by atoms with Crippen LogP contribution in [-0.2, 0) is 22.7 Å². The van der Waals surface area contributed by atoms with Gasteiger partial charge in [0.05, 0.1) is 19.9 Å². The lowest BCUT2D eigenvalue weighted by atomic mass is 10.1. The zero-order valence-electron chi connectivity index (χ0n) is 17.2. The minimum absolute atomic E-state index is 0.0854. The van der Waals surface area contributed by atoms with Crippen molar-refractivity contribution in [2.75, 3.05) is 7.11 Å². The first-order chi connectivity index (χ1) is 15.5. The molecular formula is C24H20N2O6. The van der Waals surface area contributed by atoms with Crippen LogP contribution in [0.25, 0.3) is 6.08 Å². The molecule has 0 aliphatic carbocycles. The van der Waals surface area contributed by atoms with E-state index in [0.29, 0.717) is 29.4 Å². The van der Waals surface area contributed by atoms with E-state index in [1.165, 1.54) is 19.4 Å². The third-order valence-corrected chi connectivity index (χ3v) is 4.82. The Balaban J connectivity index is 1.55. The number of benzene rings is 2. The van der Waals surface area contributed by atoms with Crippen LogP contribution in [0, 0.1) is 0 Å². The Kier molecular flexibility index (Phi) is 6.03. The summed E-state index contributed by atoms with van der Waals surface area (Å²) in [7, 11) is 1.50. The average molecular weight is 432 g/mol. The molecule has 0 radical (unpaired) electrons. The van der Waals surface area contributed by atoms with Crippen molar-refractivity contribution in [1.82, 2.24) is 10.2 Å². The summed E-state index contributed by atoms with van der Waals surface area (Å²) in [6, 6.07) is 17.2. The lowest BCUT2D eigenvalue weighted by molar-refractivity contribution is -0.130. The molecular weight excluding hydrogens is 412 g/mol. The maximum absolute atomic E-state index is 12.8. The van der Waals surface area contributed by atoms with Crippen molar-refractivity contribution in [3.8, 4) is 11.5 Å². The minimum Gasteiger partial charge on any atom is -0.493 e. The highest BCUT2D eigenvalue weighted by molar-refractivity contribution is 6.30. The molecule has 32 heavy (non-hydrogen) atoms. The van der Waals surface area contributed by atoms with E-state index in [1.54, 1.807) is 30.3 Å². The summed E-state index contributed by atoms with van der Waals surface area (Å²) in [6.45, 7) is 0.278. The minimum atomic E-state index is -0.796. The molecule has 4 rings (SSSR count). The molecule has 1 saturated heterocycles. The number of methoxy groups -OCH3 is 1. The summed E-state index contributed by atoms with van der Waals surface area (Å²) in [6.07, 6.45) is 2.85. The topological polar surface area (TPSA) is 98.1 Å².